The first kappa shape index (κ1) is 13.8. The van der Waals surface area contributed by atoms with E-state index in [0.717, 1.165) is 17.0 Å². The number of nitrogens with one attached hydrogen (secondary N) is 1. The van der Waals surface area contributed by atoms with Crippen molar-refractivity contribution in [3.8, 4) is 5.75 Å². The lowest BCUT2D eigenvalue weighted by molar-refractivity contribution is -0.115. The molecule has 3 nitrogen and oxygen atoms in total. The van der Waals surface area contributed by atoms with Gasteiger partial charge in [0.25, 0.3) is 0 Å². The van der Waals surface area contributed by atoms with E-state index >= 15 is 0 Å². The van der Waals surface area contributed by atoms with Gasteiger partial charge in [-0.15, -0.1) is 11.6 Å². The molecule has 4 heteroatoms. The van der Waals surface area contributed by atoms with E-state index in [4.69, 9.17) is 16.3 Å². The Hall–Kier alpha value is -1.22. The van der Waals surface area contributed by atoms with E-state index in [1.165, 1.54) is 0 Å². The number of alkyl halides is 1. The van der Waals surface area contributed by atoms with Crippen molar-refractivity contribution in [3.63, 3.8) is 0 Å². The van der Waals surface area contributed by atoms with Crippen molar-refractivity contribution >= 4 is 23.2 Å². The maximum atomic E-state index is 11.4. The van der Waals surface area contributed by atoms with Crippen LogP contribution in [0.15, 0.2) is 18.2 Å². The van der Waals surface area contributed by atoms with Crippen molar-refractivity contribution < 1.29 is 9.53 Å². The molecule has 0 aliphatic heterocycles. The molecule has 0 bridgehead atoms. The summed E-state index contributed by atoms with van der Waals surface area (Å²) in [7, 11) is 0. The van der Waals surface area contributed by atoms with Crippen LogP contribution in [0.3, 0.4) is 0 Å². The van der Waals surface area contributed by atoms with E-state index in [-0.39, 0.29) is 12.0 Å². The van der Waals surface area contributed by atoms with Gasteiger partial charge in [-0.3, -0.25) is 4.79 Å². The Kier molecular flexibility index (Phi) is 5.29. The van der Waals surface area contributed by atoms with Gasteiger partial charge >= 0.3 is 0 Å². The van der Waals surface area contributed by atoms with E-state index in [1.807, 2.05) is 39.0 Å². The highest BCUT2D eigenvalue weighted by Gasteiger charge is 2.06. The summed E-state index contributed by atoms with van der Waals surface area (Å²) in [5.41, 5.74) is 1.78. The molecule has 1 rings (SSSR count). The Morgan fingerprint density at radius 1 is 1.47 bits per heavy atom. The third-order valence-corrected chi connectivity index (χ3v) is 2.35. The second-order valence-corrected chi connectivity index (χ2v) is 4.51. The summed E-state index contributed by atoms with van der Waals surface area (Å²) in [5.74, 6) is 1.08. The molecule has 1 amide bonds. The lowest BCUT2D eigenvalue weighted by Crippen LogP contribution is -2.13. The summed E-state index contributed by atoms with van der Waals surface area (Å²) < 4.78 is 5.57. The average Bonchev–Trinajstić information content (AvgIpc) is 2.21. The van der Waals surface area contributed by atoms with Crippen molar-refractivity contribution in [1.29, 1.82) is 0 Å². The molecule has 1 aromatic rings. The van der Waals surface area contributed by atoms with Gasteiger partial charge in [0.15, 0.2) is 0 Å². The fourth-order valence-corrected chi connectivity index (χ4v) is 1.59. The molecule has 0 unspecified atom stereocenters. The molecule has 94 valence electrons. The maximum absolute atomic E-state index is 11.4. The molecule has 0 radical (unpaired) electrons. The van der Waals surface area contributed by atoms with Crippen LogP contribution < -0.4 is 10.1 Å². The van der Waals surface area contributed by atoms with Crippen molar-refractivity contribution in [1.82, 2.24) is 0 Å². The Morgan fingerprint density at radius 3 is 2.71 bits per heavy atom. The standard InChI is InChI=1S/C13H18ClNO2/c1-9(2)17-11-4-5-12(10(3)8-11)15-13(16)6-7-14/h4-5,8-9H,6-7H2,1-3H3,(H,15,16). The average molecular weight is 256 g/mol. The Bertz CT molecular complexity index is 391. The minimum Gasteiger partial charge on any atom is -0.491 e. The van der Waals surface area contributed by atoms with Gasteiger partial charge in [-0.2, -0.15) is 0 Å². The van der Waals surface area contributed by atoms with Gasteiger partial charge in [0, 0.05) is 18.0 Å². The van der Waals surface area contributed by atoms with Crippen molar-refractivity contribution in [2.45, 2.75) is 33.3 Å². The van der Waals surface area contributed by atoms with Crippen molar-refractivity contribution in [2.24, 2.45) is 0 Å². The van der Waals surface area contributed by atoms with Gasteiger partial charge in [-0.1, -0.05) is 0 Å². The predicted octanol–water partition coefficient (Wildman–Crippen LogP) is 3.35. The molecule has 1 aromatic carbocycles. The summed E-state index contributed by atoms with van der Waals surface area (Å²) in [4.78, 5) is 11.4. The zero-order chi connectivity index (χ0) is 12.8. The van der Waals surface area contributed by atoms with Gasteiger partial charge in [-0.05, 0) is 44.5 Å². The molecule has 17 heavy (non-hydrogen) atoms. The molecule has 0 saturated carbocycles. The number of halogens is 1. The minimum atomic E-state index is -0.0689. The van der Waals surface area contributed by atoms with Crippen LogP contribution in [0, 0.1) is 6.92 Å². The Balaban J connectivity index is 2.72. The number of rotatable bonds is 5. The summed E-state index contributed by atoms with van der Waals surface area (Å²) in [5, 5.41) is 2.81. The molecule has 1 N–H and O–H groups in total. The monoisotopic (exact) mass is 255 g/mol. The number of carbonyl (C=O) groups excluding carboxylic acids is 1. The quantitative estimate of drug-likeness (QED) is 0.820. The van der Waals surface area contributed by atoms with E-state index in [0.29, 0.717) is 12.3 Å². The van der Waals surface area contributed by atoms with E-state index in [1.54, 1.807) is 0 Å². The molecule has 0 aromatic heterocycles. The second-order valence-electron chi connectivity index (χ2n) is 4.13. The highest BCUT2D eigenvalue weighted by molar-refractivity contribution is 6.19. The van der Waals surface area contributed by atoms with Crippen LogP contribution >= 0.6 is 11.6 Å². The summed E-state index contributed by atoms with van der Waals surface area (Å²) in [6.45, 7) is 5.89. The number of anilines is 1. The highest BCUT2D eigenvalue weighted by atomic mass is 35.5. The van der Waals surface area contributed by atoms with E-state index < -0.39 is 0 Å². The zero-order valence-corrected chi connectivity index (χ0v) is 11.2. The third kappa shape index (κ3) is 4.65. The molecule has 0 aliphatic rings. The fraction of sp³-hybridized carbons (Fsp3) is 0.462. The van der Waals surface area contributed by atoms with Crippen molar-refractivity contribution in [3.05, 3.63) is 23.8 Å². The lowest BCUT2D eigenvalue weighted by atomic mass is 10.2. The van der Waals surface area contributed by atoms with Crippen LogP contribution in [0.4, 0.5) is 5.69 Å². The molecule has 0 aliphatic carbocycles. The van der Waals surface area contributed by atoms with Gasteiger partial charge < -0.3 is 10.1 Å². The number of ether oxygens (including phenoxy) is 1. The van der Waals surface area contributed by atoms with Crippen LogP contribution in [-0.2, 0) is 4.79 Å². The third-order valence-electron chi connectivity index (χ3n) is 2.17. The lowest BCUT2D eigenvalue weighted by Gasteiger charge is -2.13. The van der Waals surface area contributed by atoms with Gasteiger partial charge in [0.1, 0.15) is 5.75 Å². The summed E-state index contributed by atoms with van der Waals surface area (Å²) in [6, 6.07) is 5.61. The normalized spacial score (nSPS) is 10.4. The van der Waals surface area contributed by atoms with Gasteiger partial charge in [-0.25, -0.2) is 0 Å². The zero-order valence-electron chi connectivity index (χ0n) is 10.4. The maximum Gasteiger partial charge on any atom is 0.225 e. The Labute approximate surface area is 107 Å². The SMILES string of the molecule is Cc1cc(OC(C)C)ccc1NC(=O)CCCl. The largest absolute Gasteiger partial charge is 0.491 e. The first-order valence-electron chi connectivity index (χ1n) is 5.66. The van der Waals surface area contributed by atoms with Gasteiger partial charge in [0.05, 0.1) is 6.10 Å². The molecule has 0 heterocycles. The second kappa shape index (κ2) is 6.50. The van der Waals surface area contributed by atoms with Crippen LogP contribution in [0.5, 0.6) is 5.75 Å². The van der Waals surface area contributed by atoms with Gasteiger partial charge in [0.2, 0.25) is 5.91 Å². The molecule has 0 spiro atoms. The number of hydrogen-bond donors (Lipinski definition) is 1. The van der Waals surface area contributed by atoms with Crippen LogP contribution in [-0.4, -0.2) is 17.9 Å². The first-order chi connectivity index (χ1) is 8.02. The number of amides is 1. The first-order valence-corrected chi connectivity index (χ1v) is 6.19. The van der Waals surface area contributed by atoms with Crippen LogP contribution in [0.1, 0.15) is 25.8 Å². The molecule has 0 atom stereocenters. The molecular formula is C13H18ClNO2. The fourth-order valence-electron chi connectivity index (χ4n) is 1.42. The topological polar surface area (TPSA) is 38.3 Å². The van der Waals surface area contributed by atoms with Crippen molar-refractivity contribution in [2.75, 3.05) is 11.2 Å². The number of carbonyl (C=O) groups is 1. The minimum absolute atomic E-state index is 0.0689. The van der Waals surface area contributed by atoms with Crippen LogP contribution in [0.2, 0.25) is 0 Å². The number of benzene rings is 1. The Morgan fingerprint density at radius 2 is 2.18 bits per heavy atom. The van der Waals surface area contributed by atoms with Crippen LogP contribution in [0.25, 0.3) is 0 Å². The van der Waals surface area contributed by atoms with E-state index in [9.17, 15) is 4.79 Å². The molecule has 0 fully saturated rings. The molecule has 0 saturated heterocycles. The van der Waals surface area contributed by atoms with E-state index in [2.05, 4.69) is 5.32 Å². The predicted molar refractivity (Wildman–Crippen MR) is 70.9 cm³/mol. The number of aryl methyl sites for hydroxylation is 1. The highest BCUT2D eigenvalue weighted by Crippen LogP contribution is 2.22. The molecular weight excluding hydrogens is 238 g/mol. The summed E-state index contributed by atoms with van der Waals surface area (Å²) >= 11 is 5.50. The smallest absolute Gasteiger partial charge is 0.225 e. The number of hydrogen-bond acceptors (Lipinski definition) is 2. The summed E-state index contributed by atoms with van der Waals surface area (Å²) in [6.07, 6.45) is 0.469.